The van der Waals surface area contributed by atoms with Gasteiger partial charge < -0.3 is 14.4 Å². The van der Waals surface area contributed by atoms with Gasteiger partial charge in [0, 0.05) is 19.2 Å². The first kappa shape index (κ1) is 14.3. The molecule has 0 unspecified atom stereocenters. The second-order valence-electron chi connectivity index (χ2n) is 5.12. The van der Waals surface area contributed by atoms with Crippen molar-refractivity contribution in [2.24, 2.45) is 0 Å². The Morgan fingerprint density at radius 1 is 0.955 bits per heavy atom. The molecule has 3 nitrogen and oxygen atoms in total. The zero-order chi connectivity index (χ0) is 15.2. The normalized spacial score (nSPS) is 13.2. The van der Waals surface area contributed by atoms with Crippen molar-refractivity contribution in [1.82, 2.24) is 4.90 Å². The number of allylic oxidation sites excluding steroid dienone is 2. The minimum atomic E-state index is 0.774. The lowest BCUT2D eigenvalue weighted by Crippen LogP contribution is -2.17. The minimum absolute atomic E-state index is 0.774. The maximum absolute atomic E-state index is 5.85. The van der Waals surface area contributed by atoms with Gasteiger partial charge in [0.1, 0.15) is 17.2 Å². The Morgan fingerprint density at radius 2 is 1.77 bits per heavy atom. The van der Waals surface area contributed by atoms with Crippen LogP contribution in [0.25, 0.3) is 0 Å². The fraction of sp³-hybridized carbons (Fsp3) is 0.158. The van der Waals surface area contributed by atoms with E-state index in [0.717, 1.165) is 30.3 Å². The van der Waals surface area contributed by atoms with Crippen LogP contribution >= 0.6 is 0 Å². The van der Waals surface area contributed by atoms with Crippen LogP contribution in [0.3, 0.4) is 0 Å². The van der Waals surface area contributed by atoms with Crippen molar-refractivity contribution in [1.29, 1.82) is 0 Å². The second-order valence-corrected chi connectivity index (χ2v) is 5.12. The van der Waals surface area contributed by atoms with E-state index in [-0.39, 0.29) is 0 Å². The Morgan fingerprint density at radius 3 is 2.50 bits per heavy atom. The van der Waals surface area contributed by atoms with Gasteiger partial charge in [-0.3, -0.25) is 0 Å². The van der Waals surface area contributed by atoms with Crippen LogP contribution in [0.2, 0.25) is 0 Å². The molecule has 0 N–H and O–H groups in total. The van der Waals surface area contributed by atoms with Crippen molar-refractivity contribution in [3.05, 3.63) is 78.5 Å². The Kier molecular flexibility index (Phi) is 4.44. The van der Waals surface area contributed by atoms with Crippen molar-refractivity contribution in [2.45, 2.75) is 6.54 Å². The number of ether oxygens (including phenoxy) is 2. The van der Waals surface area contributed by atoms with Crippen molar-refractivity contribution < 1.29 is 9.47 Å². The summed E-state index contributed by atoms with van der Waals surface area (Å²) in [6.45, 7) is 1.86. The molecule has 0 amide bonds. The van der Waals surface area contributed by atoms with Crippen molar-refractivity contribution >= 4 is 0 Å². The summed E-state index contributed by atoms with van der Waals surface area (Å²) >= 11 is 0. The SMILES string of the molecule is COc1cccc(Oc2ccc(CN3C=CC=CC3)cc2)c1. The molecule has 2 aromatic rings. The molecule has 112 valence electrons. The van der Waals surface area contributed by atoms with Crippen molar-refractivity contribution in [2.75, 3.05) is 13.7 Å². The number of methoxy groups -OCH3 is 1. The van der Waals surface area contributed by atoms with Crippen LogP contribution in [0, 0.1) is 0 Å². The van der Waals surface area contributed by atoms with Gasteiger partial charge in [0.05, 0.1) is 7.11 Å². The monoisotopic (exact) mass is 293 g/mol. The van der Waals surface area contributed by atoms with E-state index < -0.39 is 0 Å². The quantitative estimate of drug-likeness (QED) is 0.817. The zero-order valence-corrected chi connectivity index (χ0v) is 12.6. The third-order valence-corrected chi connectivity index (χ3v) is 3.47. The number of rotatable bonds is 5. The van der Waals surface area contributed by atoms with Gasteiger partial charge in [0.15, 0.2) is 0 Å². The molecule has 0 fully saturated rings. The summed E-state index contributed by atoms with van der Waals surface area (Å²) in [6, 6.07) is 15.8. The van der Waals surface area contributed by atoms with E-state index in [1.807, 2.05) is 36.4 Å². The van der Waals surface area contributed by atoms with Crippen LogP contribution in [0.5, 0.6) is 17.2 Å². The lowest BCUT2D eigenvalue weighted by atomic mass is 10.2. The highest BCUT2D eigenvalue weighted by Gasteiger charge is 2.03. The molecule has 0 radical (unpaired) electrons. The van der Waals surface area contributed by atoms with Crippen LogP contribution in [0.4, 0.5) is 0 Å². The molecular formula is C19H19NO2. The number of benzene rings is 2. The highest BCUT2D eigenvalue weighted by Crippen LogP contribution is 2.25. The highest BCUT2D eigenvalue weighted by molar-refractivity contribution is 5.37. The van der Waals surface area contributed by atoms with Crippen LogP contribution in [0.1, 0.15) is 5.56 Å². The van der Waals surface area contributed by atoms with Crippen molar-refractivity contribution in [3.63, 3.8) is 0 Å². The second kappa shape index (κ2) is 6.85. The summed E-state index contributed by atoms with van der Waals surface area (Å²) in [5, 5.41) is 0. The van der Waals surface area contributed by atoms with Gasteiger partial charge in [-0.05, 0) is 42.1 Å². The third kappa shape index (κ3) is 3.70. The molecule has 22 heavy (non-hydrogen) atoms. The topological polar surface area (TPSA) is 21.7 Å². The van der Waals surface area contributed by atoms with E-state index in [1.165, 1.54) is 5.56 Å². The Labute approximate surface area is 131 Å². The van der Waals surface area contributed by atoms with E-state index in [1.54, 1.807) is 7.11 Å². The zero-order valence-electron chi connectivity index (χ0n) is 12.6. The Balaban J connectivity index is 1.63. The predicted molar refractivity (Wildman–Crippen MR) is 88.2 cm³/mol. The maximum atomic E-state index is 5.85. The van der Waals surface area contributed by atoms with Crippen LogP contribution < -0.4 is 9.47 Å². The molecule has 0 aliphatic carbocycles. The lowest BCUT2D eigenvalue weighted by molar-refractivity contribution is 0.404. The van der Waals surface area contributed by atoms with E-state index in [2.05, 4.69) is 41.5 Å². The van der Waals surface area contributed by atoms with Crippen LogP contribution in [-0.4, -0.2) is 18.6 Å². The van der Waals surface area contributed by atoms with Crippen LogP contribution in [-0.2, 0) is 6.54 Å². The number of hydrogen-bond donors (Lipinski definition) is 0. The summed E-state index contributed by atoms with van der Waals surface area (Å²) in [5.41, 5.74) is 1.26. The van der Waals surface area contributed by atoms with Gasteiger partial charge >= 0.3 is 0 Å². The van der Waals surface area contributed by atoms with E-state index in [4.69, 9.17) is 9.47 Å². The maximum Gasteiger partial charge on any atom is 0.131 e. The molecule has 2 aromatic carbocycles. The molecule has 0 aromatic heterocycles. The molecule has 0 saturated heterocycles. The van der Waals surface area contributed by atoms with Gasteiger partial charge in [-0.1, -0.05) is 30.4 Å². The molecule has 0 atom stereocenters. The molecule has 0 saturated carbocycles. The largest absolute Gasteiger partial charge is 0.497 e. The van der Waals surface area contributed by atoms with Crippen LogP contribution in [0.15, 0.2) is 73.0 Å². The molecule has 3 rings (SSSR count). The molecule has 1 aliphatic heterocycles. The van der Waals surface area contributed by atoms with Gasteiger partial charge in [-0.15, -0.1) is 0 Å². The third-order valence-electron chi connectivity index (χ3n) is 3.47. The average molecular weight is 293 g/mol. The molecule has 0 bridgehead atoms. The fourth-order valence-corrected chi connectivity index (χ4v) is 2.32. The van der Waals surface area contributed by atoms with E-state index >= 15 is 0 Å². The number of nitrogens with zero attached hydrogens (tertiary/aromatic N) is 1. The molecule has 1 aliphatic rings. The summed E-state index contributed by atoms with van der Waals surface area (Å²) < 4.78 is 11.0. The van der Waals surface area contributed by atoms with Gasteiger partial charge in [0.2, 0.25) is 0 Å². The van der Waals surface area contributed by atoms with Gasteiger partial charge in [-0.2, -0.15) is 0 Å². The van der Waals surface area contributed by atoms with E-state index in [9.17, 15) is 0 Å². The predicted octanol–water partition coefficient (Wildman–Crippen LogP) is 4.37. The summed E-state index contributed by atoms with van der Waals surface area (Å²) in [6.07, 6.45) is 8.40. The van der Waals surface area contributed by atoms with Gasteiger partial charge in [0.25, 0.3) is 0 Å². The standard InChI is InChI=1S/C19H19NO2/c1-21-18-6-5-7-19(14-18)22-17-10-8-16(9-11-17)15-20-12-3-2-4-13-20/h2-12,14H,13,15H2,1H3. The van der Waals surface area contributed by atoms with Crippen molar-refractivity contribution in [3.8, 4) is 17.2 Å². The number of hydrogen-bond acceptors (Lipinski definition) is 3. The first-order valence-corrected chi connectivity index (χ1v) is 7.32. The molecule has 3 heteroatoms. The highest BCUT2D eigenvalue weighted by atomic mass is 16.5. The lowest BCUT2D eigenvalue weighted by Gasteiger charge is -2.20. The summed E-state index contributed by atoms with van der Waals surface area (Å²) in [7, 11) is 1.65. The first-order chi connectivity index (χ1) is 10.8. The fourth-order valence-electron chi connectivity index (χ4n) is 2.32. The molecule has 0 spiro atoms. The Bertz CT molecular complexity index is 674. The summed E-state index contributed by atoms with van der Waals surface area (Å²) in [4.78, 5) is 2.26. The smallest absolute Gasteiger partial charge is 0.131 e. The van der Waals surface area contributed by atoms with E-state index in [0.29, 0.717) is 0 Å². The average Bonchev–Trinajstić information content (AvgIpc) is 2.58. The van der Waals surface area contributed by atoms with Gasteiger partial charge in [-0.25, -0.2) is 0 Å². The Hall–Kier alpha value is -2.68. The first-order valence-electron chi connectivity index (χ1n) is 7.32. The molecular weight excluding hydrogens is 274 g/mol. The minimum Gasteiger partial charge on any atom is -0.497 e. The molecule has 1 heterocycles. The summed E-state index contributed by atoms with van der Waals surface area (Å²) in [5.74, 6) is 2.39.